The standard InChI is InChI=1S/C14H9BrF3N3/c15-13-3-1-2-11(21-13)8-20-10-5-4-9(7-19)12(6-10)14(16,17)18/h1-6,20H,8H2. The third kappa shape index (κ3) is 3.95. The Bertz CT molecular complexity index is 693. The zero-order chi connectivity index (χ0) is 15.5. The first-order valence-corrected chi connectivity index (χ1v) is 6.66. The monoisotopic (exact) mass is 355 g/mol. The first kappa shape index (κ1) is 15.3. The maximum absolute atomic E-state index is 12.8. The van der Waals surface area contributed by atoms with Crippen molar-refractivity contribution in [3.8, 4) is 6.07 Å². The van der Waals surface area contributed by atoms with E-state index in [0.29, 0.717) is 10.3 Å². The smallest absolute Gasteiger partial charge is 0.379 e. The molecule has 0 unspecified atom stereocenters. The highest BCUT2D eigenvalue weighted by molar-refractivity contribution is 9.10. The minimum absolute atomic E-state index is 0.280. The molecule has 0 atom stereocenters. The van der Waals surface area contributed by atoms with Gasteiger partial charge in [0.2, 0.25) is 0 Å². The molecule has 0 saturated carbocycles. The van der Waals surface area contributed by atoms with Crippen molar-refractivity contribution in [1.82, 2.24) is 4.98 Å². The van der Waals surface area contributed by atoms with Crippen LogP contribution in [0.2, 0.25) is 0 Å². The lowest BCUT2D eigenvalue weighted by atomic mass is 10.1. The summed E-state index contributed by atoms with van der Waals surface area (Å²) in [6.07, 6.45) is -4.56. The fourth-order valence-electron chi connectivity index (χ4n) is 1.73. The number of hydrogen-bond donors (Lipinski definition) is 1. The molecule has 0 radical (unpaired) electrons. The van der Waals surface area contributed by atoms with Gasteiger partial charge in [-0.25, -0.2) is 4.98 Å². The van der Waals surface area contributed by atoms with Crippen LogP contribution < -0.4 is 5.32 Å². The average molecular weight is 356 g/mol. The molecule has 1 aromatic carbocycles. The molecule has 0 spiro atoms. The Kier molecular flexibility index (Phi) is 4.48. The molecule has 7 heteroatoms. The van der Waals surface area contributed by atoms with E-state index in [-0.39, 0.29) is 12.2 Å². The van der Waals surface area contributed by atoms with Crippen molar-refractivity contribution in [1.29, 1.82) is 5.26 Å². The zero-order valence-corrected chi connectivity index (χ0v) is 12.2. The largest absolute Gasteiger partial charge is 0.417 e. The highest BCUT2D eigenvalue weighted by Gasteiger charge is 2.33. The average Bonchev–Trinajstić information content (AvgIpc) is 2.44. The second-order valence-electron chi connectivity index (χ2n) is 4.18. The molecule has 0 aliphatic rings. The molecule has 108 valence electrons. The predicted molar refractivity (Wildman–Crippen MR) is 75.4 cm³/mol. The number of rotatable bonds is 3. The van der Waals surface area contributed by atoms with Gasteiger partial charge < -0.3 is 5.32 Å². The van der Waals surface area contributed by atoms with Crippen LogP contribution in [-0.4, -0.2) is 4.98 Å². The number of nitrogens with zero attached hydrogens (tertiary/aromatic N) is 2. The Labute approximate surface area is 127 Å². The lowest BCUT2D eigenvalue weighted by molar-refractivity contribution is -0.137. The van der Waals surface area contributed by atoms with Gasteiger partial charge in [0.15, 0.2) is 0 Å². The molecular formula is C14H9BrF3N3. The molecule has 0 aliphatic heterocycles. The van der Waals surface area contributed by atoms with Crippen LogP contribution in [0.4, 0.5) is 18.9 Å². The summed E-state index contributed by atoms with van der Waals surface area (Å²) in [5.74, 6) is 0. The van der Waals surface area contributed by atoms with Crippen molar-refractivity contribution in [2.45, 2.75) is 12.7 Å². The Morgan fingerprint density at radius 1 is 1.24 bits per heavy atom. The Morgan fingerprint density at radius 3 is 2.62 bits per heavy atom. The maximum Gasteiger partial charge on any atom is 0.417 e. The second-order valence-corrected chi connectivity index (χ2v) is 4.99. The van der Waals surface area contributed by atoms with E-state index in [1.807, 2.05) is 0 Å². The van der Waals surface area contributed by atoms with Crippen LogP contribution in [0, 0.1) is 11.3 Å². The van der Waals surface area contributed by atoms with Gasteiger partial charge in [0.25, 0.3) is 0 Å². The molecule has 0 aliphatic carbocycles. The Balaban J connectivity index is 2.20. The SMILES string of the molecule is N#Cc1ccc(NCc2cccc(Br)n2)cc1C(F)(F)F. The molecule has 0 amide bonds. The third-order valence-corrected chi connectivity index (χ3v) is 3.13. The van der Waals surface area contributed by atoms with Gasteiger partial charge >= 0.3 is 6.18 Å². The summed E-state index contributed by atoms with van der Waals surface area (Å²) in [6, 6.07) is 10.4. The van der Waals surface area contributed by atoms with E-state index >= 15 is 0 Å². The van der Waals surface area contributed by atoms with E-state index < -0.39 is 17.3 Å². The van der Waals surface area contributed by atoms with Gasteiger partial charge in [-0.2, -0.15) is 18.4 Å². The van der Waals surface area contributed by atoms with Crippen molar-refractivity contribution in [2.24, 2.45) is 0 Å². The zero-order valence-electron chi connectivity index (χ0n) is 10.6. The Hall–Kier alpha value is -2.07. The third-order valence-electron chi connectivity index (χ3n) is 2.69. The van der Waals surface area contributed by atoms with Crippen molar-refractivity contribution < 1.29 is 13.2 Å². The summed E-state index contributed by atoms with van der Waals surface area (Å²) in [4.78, 5) is 4.17. The van der Waals surface area contributed by atoms with Gasteiger partial charge in [0.05, 0.1) is 29.4 Å². The summed E-state index contributed by atoms with van der Waals surface area (Å²) in [6.45, 7) is 0.280. The number of pyridine rings is 1. The van der Waals surface area contributed by atoms with E-state index in [4.69, 9.17) is 5.26 Å². The number of nitrogens with one attached hydrogen (secondary N) is 1. The molecule has 0 saturated heterocycles. The lowest BCUT2D eigenvalue weighted by Crippen LogP contribution is -2.09. The number of hydrogen-bond acceptors (Lipinski definition) is 3. The molecule has 1 heterocycles. The van der Waals surface area contributed by atoms with Gasteiger partial charge in [0, 0.05) is 5.69 Å². The molecule has 3 nitrogen and oxygen atoms in total. The van der Waals surface area contributed by atoms with Crippen molar-refractivity contribution in [3.63, 3.8) is 0 Å². The normalized spacial score (nSPS) is 11.0. The van der Waals surface area contributed by atoms with E-state index in [9.17, 15) is 13.2 Å². The van der Waals surface area contributed by atoms with Crippen LogP contribution in [-0.2, 0) is 12.7 Å². The molecule has 0 fully saturated rings. The molecule has 1 N–H and O–H groups in total. The van der Waals surface area contributed by atoms with Crippen LogP contribution in [0.15, 0.2) is 41.0 Å². The number of halogens is 4. The molecule has 21 heavy (non-hydrogen) atoms. The number of aromatic nitrogens is 1. The number of nitriles is 1. The van der Waals surface area contributed by atoms with Crippen LogP contribution >= 0.6 is 15.9 Å². The van der Waals surface area contributed by atoms with Crippen LogP contribution in [0.3, 0.4) is 0 Å². The quantitative estimate of drug-likeness (QED) is 0.832. The summed E-state index contributed by atoms with van der Waals surface area (Å²) in [7, 11) is 0. The minimum atomic E-state index is -4.56. The fourth-order valence-corrected chi connectivity index (χ4v) is 2.11. The maximum atomic E-state index is 12.8. The van der Waals surface area contributed by atoms with E-state index in [1.54, 1.807) is 24.3 Å². The topological polar surface area (TPSA) is 48.7 Å². The number of benzene rings is 1. The minimum Gasteiger partial charge on any atom is -0.379 e. The summed E-state index contributed by atoms with van der Waals surface area (Å²) in [5.41, 5.74) is -0.378. The van der Waals surface area contributed by atoms with Crippen LogP contribution in [0.25, 0.3) is 0 Å². The molecule has 1 aromatic heterocycles. The molecule has 0 bridgehead atoms. The van der Waals surface area contributed by atoms with Crippen molar-refractivity contribution in [3.05, 3.63) is 57.8 Å². The first-order valence-electron chi connectivity index (χ1n) is 5.87. The first-order chi connectivity index (χ1) is 9.90. The fraction of sp³-hybridized carbons (Fsp3) is 0.143. The highest BCUT2D eigenvalue weighted by Crippen LogP contribution is 2.33. The molecular weight excluding hydrogens is 347 g/mol. The van der Waals surface area contributed by atoms with Crippen LogP contribution in [0.5, 0.6) is 0 Å². The number of anilines is 1. The van der Waals surface area contributed by atoms with Gasteiger partial charge in [-0.3, -0.25) is 0 Å². The lowest BCUT2D eigenvalue weighted by Gasteiger charge is -2.12. The van der Waals surface area contributed by atoms with Crippen LogP contribution in [0.1, 0.15) is 16.8 Å². The van der Waals surface area contributed by atoms with E-state index in [0.717, 1.165) is 12.1 Å². The van der Waals surface area contributed by atoms with Crippen molar-refractivity contribution >= 4 is 21.6 Å². The molecule has 2 rings (SSSR count). The van der Waals surface area contributed by atoms with E-state index in [2.05, 4.69) is 26.2 Å². The Morgan fingerprint density at radius 2 is 2.00 bits per heavy atom. The highest BCUT2D eigenvalue weighted by atomic mass is 79.9. The number of alkyl halides is 3. The molecule has 2 aromatic rings. The van der Waals surface area contributed by atoms with Gasteiger partial charge in [0.1, 0.15) is 4.60 Å². The van der Waals surface area contributed by atoms with Gasteiger partial charge in [-0.1, -0.05) is 6.07 Å². The van der Waals surface area contributed by atoms with Crippen molar-refractivity contribution in [2.75, 3.05) is 5.32 Å². The summed E-state index contributed by atoms with van der Waals surface area (Å²) in [5, 5.41) is 11.6. The van der Waals surface area contributed by atoms with E-state index in [1.165, 1.54) is 6.07 Å². The summed E-state index contributed by atoms with van der Waals surface area (Å²) < 4.78 is 39.2. The predicted octanol–water partition coefficient (Wildman–Crippen LogP) is 4.35. The van der Waals surface area contributed by atoms with Gasteiger partial charge in [-0.05, 0) is 46.3 Å². The second kappa shape index (κ2) is 6.14. The van der Waals surface area contributed by atoms with Gasteiger partial charge in [-0.15, -0.1) is 0 Å². The summed E-state index contributed by atoms with van der Waals surface area (Å²) >= 11 is 3.22.